The first kappa shape index (κ1) is 12.4. The highest BCUT2D eigenvalue weighted by molar-refractivity contribution is 5.86. The molecule has 16 heavy (non-hydrogen) atoms. The van der Waals surface area contributed by atoms with Crippen LogP contribution in [-0.2, 0) is 16.1 Å². The first-order valence-corrected chi connectivity index (χ1v) is 4.69. The van der Waals surface area contributed by atoms with Crippen LogP contribution in [0.5, 0.6) is 0 Å². The largest absolute Gasteiger partial charge is 0.457 e. The Balaban J connectivity index is 2.78. The summed E-state index contributed by atoms with van der Waals surface area (Å²) in [6.07, 6.45) is 0. The van der Waals surface area contributed by atoms with Gasteiger partial charge < -0.3 is 4.74 Å². The van der Waals surface area contributed by atoms with Crippen molar-refractivity contribution in [1.82, 2.24) is 0 Å². The number of esters is 1. The molecule has 0 aliphatic heterocycles. The molecule has 0 saturated heterocycles. The summed E-state index contributed by atoms with van der Waals surface area (Å²) in [6, 6.07) is 2.09. The van der Waals surface area contributed by atoms with E-state index in [1.807, 2.05) is 0 Å². The Morgan fingerprint density at radius 3 is 2.56 bits per heavy atom. The average Bonchev–Trinajstić information content (AvgIpc) is 2.20. The van der Waals surface area contributed by atoms with E-state index in [2.05, 4.69) is 6.58 Å². The Bertz CT molecular complexity index is 439. The molecule has 0 atom stereocenters. The molecule has 0 aliphatic carbocycles. The second-order valence-electron chi connectivity index (χ2n) is 3.55. The number of rotatable bonds is 3. The predicted octanol–water partition coefficient (Wildman–Crippen LogP) is 2.89. The molecule has 0 aromatic heterocycles. The van der Waals surface area contributed by atoms with Crippen molar-refractivity contribution >= 4 is 5.97 Å². The minimum absolute atomic E-state index is 0.0118. The van der Waals surface area contributed by atoms with Gasteiger partial charge in [0.25, 0.3) is 0 Å². The quantitative estimate of drug-likeness (QED) is 0.585. The predicted molar refractivity (Wildman–Crippen MR) is 55.7 cm³/mol. The van der Waals surface area contributed by atoms with Gasteiger partial charge in [-0.3, -0.25) is 0 Å². The van der Waals surface area contributed by atoms with Crippen molar-refractivity contribution in [2.45, 2.75) is 20.5 Å². The number of carbonyl (C=O) groups is 1. The Morgan fingerprint density at radius 1 is 1.38 bits per heavy atom. The summed E-state index contributed by atoms with van der Waals surface area (Å²) in [5.41, 5.74) is 0.443. The summed E-state index contributed by atoms with van der Waals surface area (Å²) in [6.45, 7) is 6.02. The monoisotopic (exact) mass is 226 g/mol. The lowest BCUT2D eigenvalue weighted by molar-refractivity contribution is -0.140. The van der Waals surface area contributed by atoms with Gasteiger partial charge in [-0.1, -0.05) is 6.58 Å². The van der Waals surface area contributed by atoms with Crippen molar-refractivity contribution in [3.05, 3.63) is 47.0 Å². The van der Waals surface area contributed by atoms with Crippen LogP contribution in [0.4, 0.5) is 8.78 Å². The van der Waals surface area contributed by atoms with Crippen LogP contribution in [0.3, 0.4) is 0 Å². The van der Waals surface area contributed by atoms with Crippen LogP contribution in [0.2, 0.25) is 0 Å². The maximum Gasteiger partial charge on any atom is 0.333 e. The zero-order chi connectivity index (χ0) is 12.3. The highest BCUT2D eigenvalue weighted by Crippen LogP contribution is 2.15. The van der Waals surface area contributed by atoms with Crippen LogP contribution >= 0.6 is 0 Å². The fraction of sp³-hybridized carbons (Fsp3) is 0.250. The smallest absolute Gasteiger partial charge is 0.333 e. The van der Waals surface area contributed by atoms with Gasteiger partial charge in [0.1, 0.15) is 18.2 Å². The summed E-state index contributed by atoms with van der Waals surface area (Å²) in [5.74, 6) is -1.74. The maximum absolute atomic E-state index is 13.3. The van der Waals surface area contributed by atoms with Gasteiger partial charge in [-0.15, -0.1) is 0 Å². The fourth-order valence-corrected chi connectivity index (χ4v) is 1.06. The van der Waals surface area contributed by atoms with E-state index in [4.69, 9.17) is 4.74 Å². The lowest BCUT2D eigenvalue weighted by Crippen LogP contribution is -2.06. The molecule has 86 valence electrons. The minimum atomic E-state index is -0.625. The molecule has 0 heterocycles. The molecule has 4 heteroatoms. The van der Waals surface area contributed by atoms with Crippen LogP contribution in [0.25, 0.3) is 0 Å². The Labute approximate surface area is 92.5 Å². The van der Waals surface area contributed by atoms with Gasteiger partial charge in [0.05, 0.1) is 0 Å². The third kappa shape index (κ3) is 2.89. The summed E-state index contributed by atoms with van der Waals surface area (Å²) >= 11 is 0. The molecule has 1 aromatic rings. The third-order valence-electron chi connectivity index (χ3n) is 2.03. The molecular formula is C12H12F2O2. The van der Waals surface area contributed by atoms with Crippen molar-refractivity contribution < 1.29 is 18.3 Å². The normalized spacial score (nSPS) is 10.0. The topological polar surface area (TPSA) is 26.3 Å². The van der Waals surface area contributed by atoms with Gasteiger partial charge >= 0.3 is 5.97 Å². The van der Waals surface area contributed by atoms with Gasteiger partial charge in [0.2, 0.25) is 0 Å². The Morgan fingerprint density at radius 2 is 2.00 bits per heavy atom. The van der Waals surface area contributed by atoms with E-state index in [1.165, 1.54) is 13.8 Å². The Kier molecular flexibility index (Phi) is 3.77. The maximum atomic E-state index is 13.3. The minimum Gasteiger partial charge on any atom is -0.457 e. The summed E-state index contributed by atoms with van der Waals surface area (Å²) in [5, 5.41) is 0. The molecule has 0 bridgehead atoms. The number of carbonyl (C=O) groups excluding carboxylic acids is 1. The van der Waals surface area contributed by atoms with E-state index in [0.717, 1.165) is 12.1 Å². The van der Waals surface area contributed by atoms with Crippen LogP contribution in [0, 0.1) is 18.6 Å². The van der Waals surface area contributed by atoms with Gasteiger partial charge in [0, 0.05) is 11.1 Å². The number of aryl methyl sites for hydroxylation is 1. The van der Waals surface area contributed by atoms with E-state index in [-0.39, 0.29) is 23.3 Å². The molecule has 1 aromatic carbocycles. The molecule has 1 rings (SSSR count). The molecule has 0 radical (unpaired) electrons. The molecule has 0 N–H and O–H groups in total. The van der Waals surface area contributed by atoms with Crippen molar-refractivity contribution in [2.75, 3.05) is 0 Å². The van der Waals surface area contributed by atoms with Gasteiger partial charge in [0.15, 0.2) is 0 Å². The zero-order valence-electron chi connectivity index (χ0n) is 9.14. The molecule has 0 fully saturated rings. The first-order chi connectivity index (χ1) is 7.41. The molecule has 0 saturated carbocycles. The van der Waals surface area contributed by atoms with Crippen LogP contribution in [0.1, 0.15) is 18.1 Å². The number of hydrogen-bond acceptors (Lipinski definition) is 2. The third-order valence-corrected chi connectivity index (χ3v) is 2.03. The van der Waals surface area contributed by atoms with E-state index < -0.39 is 17.6 Å². The molecule has 0 aliphatic rings. The first-order valence-electron chi connectivity index (χ1n) is 4.69. The number of ether oxygens (including phenoxy) is 1. The van der Waals surface area contributed by atoms with E-state index in [0.29, 0.717) is 0 Å². The Hall–Kier alpha value is -1.71. The molecule has 0 unspecified atom stereocenters. The number of hydrogen-bond donors (Lipinski definition) is 0. The second kappa shape index (κ2) is 4.88. The standard InChI is InChI=1S/C12H12F2O2/c1-7(2)12(15)16-6-9-5-10(13)8(3)4-11(9)14/h4-5H,1,6H2,2-3H3. The van der Waals surface area contributed by atoms with Crippen LogP contribution in [-0.4, -0.2) is 5.97 Å². The van der Waals surface area contributed by atoms with E-state index >= 15 is 0 Å². The van der Waals surface area contributed by atoms with Crippen molar-refractivity contribution in [3.8, 4) is 0 Å². The van der Waals surface area contributed by atoms with Crippen molar-refractivity contribution in [3.63, 3.8) is 0 Å². The lowest BCUT2D eigenvalue weighted by atomic mass is 10.1. The lowest BCUT2D eigenvalue weighted by Gasteiger charge is -2.07. The second-order valence-corrected chi connectivity index (χ2v) is 3.55. The molecule has 0 spiro atoms. The fourth-order valence-electron chi connectivity index (χ4n) is 1.06. The van der Waals surface area contributed by atoms with E-state index in [9.17, 15) is 13.6 Å². The molecule has 2 nitrogen and oxygen atoms in total. The van der Waals surface area contributed by atoms with E-state index in [1.54, 1.807) is 0 Å². The zero-order valence-corrected chi connectivity index (χ0v) is 9.14. The van der Waals surface area contributed by atoms with Crippen molar-refractivity contribution in [2.24, 2.45) is 0 Å². The van der Waals surface area contributed by atoms with Gasteiger partial charge in [-0.05, 0) is 31.5 Å². The highest BCUT2D eigenvalue weighted by Gasteiger charge is 2.10. The summed E-state index contributed by atoms with van der Waals surface area (Å²) in [4.78, 5) is 11.0. The van der Waals surface area contributed by atoms with Crippen LogP contribution < -0.4 is 0 Å². The van der Waals surface area contributed by atoms with Crippen LogP contribution in [0.15, 0.2) is 24.3 Å². The van der Waals surface area contributed by atoms with Gasteiger partial charge in [-0.25, -0.2) is 13.6 Å². The number of halogens is 2. The molecular weight excluding hydrogens is 214 g/mol. The van der Waals surface area contributed by atoms with Gasteiger partial charge in [-0.2, -0.15) is 0 Å². The summed E-state index contributed by atoms with van der Waals surface area (Å²) in [7, 11) is 0. The molecule has 0 amide bonds. The SMILES string of the molecule is C=C(C)C(=O)OCc1cc(F)c(C)cc1F. The highest BCUT2D eigenvalue weighted by atomic mass is 19.1. The number of benzene rings is 1. The van der Waals surface area contributed by atoms with Crippen molar-refractivity contribution in [1.29, 1.82) is 0 Å². The summed E-state index contributed by atoms with van der Waals surface area (Å²) < 4.78 is 31.1. The average molecular weight is 226 g/mol.